The van der Waals surface area contributed by atoms with Crippen molar-refractivity contribution in [1.82, 2.24) is 10.6 Å². The largest absolute Gasteiger partial charge is 0.508 e. The molecule has 1 fully saturated rings. The summed E-state index contributed by atoms with van der Waals surface area (Å²) in [6.07, 6.45) is 2.48. The van der Waals surface area contributed by atoms with Crippen LogP contribution in [0.4, 0.5) is 0 Å². The minimum atomic E-state index is 0.292. The van der Waals surface area contributed by atoms with Crippen LogP contribution in [0.2, 0.25) is 0 Å². The number of aliphatic imine (C=N–C) groups is 1. The number of nitrogens with zero attached hydrogens (tertiary/aromatic N) is 1. The van der Waals surface area contributed by atoms with E-state index in [4.69, 9.17) is 0 Å². The summed E-state index contributed by atoms with van der Waals surface area (Å²) in [4.78, 5) is 4.51. The van der Waals surface area contributed by atoms with Crippen molar-refractivity contribution in [2.75, 3.05) is 6.54 Å². The van der Waals surface area contributed by atoms with Crippen molar-refractivity contribution >= 4 is 5.96 Å². The lowest BCUT2D eigenvalue weighted by molar-refractivity contribution is 0.475. The molecule has 3 N–H and O–H groups in total. The number of benzene rings is 1. The Morgan fingerprint density at radius 1 is 1.35 bits per heavy atom. The number of rotatable bonds is 4. The third kappa shape index (κ3) is 3.98. The summed E-state index contributed by atoms with van der Waals surface area (Å²) in [7, 11) is 0. The SMILES string of the molecule is CCNC(=NCc1ccc(O)cc1)NC1CC1. The lowest BCUT2D eigenvalue weighted by Crippen LogP contribution is -2.38. The molecule has 0 atom stereocenters. The first-order chi connectivity index (χ1) is 8.28. The van der Waals surface area contributed by atoms with Gasteiger partial charge in [-0.3, -0.25) is 0 Å². The van der Waals surface area contributed by atoms with Gasteiger partial charge < -0.3 is 15.7 Å². The summed E-state index contributed by atoms with van der Waals surface area (Å²) in [6, 6.07) is 7.75. The highest BCUT2D eigenvalue weighted by Gasteiger charge is 2.21. The number of phenolic OH excluding ortho intramolecular Hbond substituents is 1. The molecule has 1 saturated carbocycles. The van der Waals surface area contributed by atoms with E-state index < -0.39 is 0 Å². The van der Waals surface area contributed by atoms with Crippen LogP contribution < -0.4 is 10.6 Å². The molecule has 1 aromatic carbocycles. The zero-order chi connectivity index (χ0) is 12.1. The maximum absolute atomic E-state index is 9.19. The van der Waals surface area contributed by atoms with Crippen molar-refractivity contribution < 1.29 is 5.11 Å². The second kappa shape index (κ2) is 5.57. The fourth-order valence-electron chi connectivity index (χ4n) is 1.51. The Balaban J connectivity index is 1.92. The molecule has 1 aliphatic rings. The average molecular weight is 233 g/mol. The van der Waals surface area contributed by atoms with Crippen LogP contribution in [0.5, 0.6) is 5.75 Å². The standard InChI is InChI=1S/C13H19N3O/c1-2-14-13(16-11-5-6-11)15-9-10-3-7-12(17)8-4-10/h3-4,7-8,11,17H,2,5-6,9H2,1H3,(H2,14,15,16). The zero-order valence-electron chi connectivity index (χ0n) is 10.1. The number of hydrogen-bond donors (Lipinski definition) is 3. The minimum Gasteiger partial charge on any atom is -0.508 e. The van der Waals surface area contributed by atoms with Gasteiger partial charge in [0.15, 0.2) is 5.96 Å². The monoisotopic (exact) mass is 233 g/mol. The Hall–Kier alpha value is -1.71. The Morgan fingerprint density at radius 2 is 2.06 bits per heavy atom. The smallest absolute Gasteiger partial charge is 0.191 e. The van der Waals surface area contributed by atoms with E-state index in [2.05, 4.69) is 22.5 Å². The van der Waals surface area contributed by atoms with Gasteiger partial charge in [-0.05, 0) is 37.5 Å². The third-order valence-corrected chi connectivity index (χ3v) is 2.62. The second-order valence-electron chi connectivity index (χ2n) is 4.28. The highest BCUT2D eigenvalue weighted by molar-refractivity contribution is 5.80. The Bertz CT molecular complexity index is 382. The van der Waals surface area contributed by atoms with E-state index in [-0.39, 0.29) is 0 Å². The van der Waals surface area contributed by atoms with Crippen LogP contribution in [-0.4, -0.2) is 23.7 Å². The maximum Gasteiger partial charge on any atom is 0.191 e. The van der Waals surface area contributed by atoms with Crippen molar-refractivity contribution in [3.63, 3.8) is 0 Å². The van der Waals surface area contributed by atoms with Crippen LogP contribution in [0.15, 0.2) is 29.3 Å². The van der Waals surface area contributed by atoms with Crippen molar-refractivity contribution in [3.8, 4) is 5.75 Å². The number of hydrogen-bond acceptors (Lipinski definition) is 2. The molecule has 0 saturated heterocycles. The topological polar surface area (TPSA) is 56.7 Å². The van der Waals surface area contributed by atoms with Gasteiger partial charge in [-0.15, -0.1) is 0 Å². The van der Waals surface area contributed by atoms with Gasteiger partial charge in [0.25, 0.3) is 0 Å². The van der Waals surface area contributed by atoms with Gasteiger partial charge in [-0.25, -0.2) is 4.99 Å². The first-order valence-corrected chi connectivity index (χ1v) is 6.10. The van der Waals surface area contributed by atoms with Gasteiger partial charge in [-0.1, -0.05) is 12.1 Å². The van der Waals surface area contributed by atoms with Crippen LogP contribution in [0.1, 0.15) is 25.3 Å². The summed E-state index contributed by atoms with van der Waals surface area (Å²) >= 11 is 0. The minimum absolute atomic E-state index is 0.292. The van der Waals surface area contributed by atoms with Crippen LogP contribution in [-0.2, 0) is 6.54 Å². The lowest BCUT2D eigenvalue weighted by atomic mass is 10.2. The van der Waals surface area contributed by atoms with E-state index in [1.165, 1.54) is 12.8 Å². The molecule has 0 heterocycles. The van der Waals surface area contributed by atoms with Crippen LogP contribution >= 0.6 is 0 Å². The Kier molecular flexibility index (Phi) is 3.85. The summed E-state index contributed by atoms with van der Waals surface area (Å²) < 4.78 is 0. The second-order valence-corrected chi connectivity index (χ2v) is 4.28. The third-order valence-electron chi connectivity index (χ3n) is 2.62. The van der Waals surface area contributed by atoms with Gasteiger partial charge >= 0.3 is 0 Å². The first-order valence-electron chi connectivity index (χ1n) is 6.10. The number of aromatic hydroxyl groups is 1. The molecular formula is C13H19N3O. The molecule has 0 spiro atoms. The molecule has 17 heavy (non-hydrogen) atoms. The summed E-state index contributed by atoms with van der Waals surface area (Å²) in [6.45, 7) is 3.56. The van der Waals surface area contributed by atoms with Crippen molar-refractivity contribution in [2.24, 2.45) is 4.99 Å². The van der Waals surface area contributed by atoms with Crippen LogP contribution in [0.3, 0.4) is 0 Å². The predicted molar refractivity (Wildman–Crippen MR) is 69.1 cm³/mol. The van der Waals surface area contributed by atoms with E-state index in [0.717, 1.165) is 18.1 Å². The molecule has 4 heteroatoms. The van der Waals surface area contributed by atoms with Crippen LogP contribution in [0.25, 0.3) is 0 Å². The fourth-order valence-corrected chi connectivity index (χ4v) is 1.51. The molecule has 0 aromatic heterocycles. The molecule has 92 valence electrons. The molecule has 0 aliphatic heterocycles. The molecule has 4 nitrogen and oxygen atoms in total. The van der Waals surface area contributed by atoms with Gasteiger partial charge in [0, 0.05) is 12.6 Å². The number of nitrogens with one attached hydrogen (secondary N) is 2. The summed E-state index contributed by atoms with van der Waals surface area (Å²) in [5.74, 6) is 1.17. The molecular weight excluding hydrogens is 214 g/mol. The summed E-state index contributed by atoms with van der Waals surface area (Å²) in [5, 5.41) is 15.8. The van der Waals surface area contributed by atoms with E-state index >= 15 is 0 Å². The average Bonchev–Trinajstić information content (AvgIpc) is 3.12. The molecule has 0 unspecified atom stereocenters. The maximum atomic E-state index is 9.19. The van der Waals surface area contributed by atoms with E-state index in [9.17, 15) is 5.11 Å². The van der Waals surface area contributed by atoms with Gasteiger partial charge in [0.05, 0.1) is 6.54 Å². The fraction of sp³-hybridized carbons (Fsp3) is 0.462. The molecule has 1 aromatic rings. The predicted octanol–water partition coefficient (Wildman–Crippen LogP) is 1.61. The highest BCUT2D eigenvalue weighted by Crippen LogP contribution is 2.18. The lowest BCUT2D eigenvalue weighted by Gasteiger charge is -2.10. The molecule has 0 bridgehead atoms. The van der Waals surface area contributed by atoms with Gasteiger partial charge in [0.2, 0.25) is 0 Å². The van der Waals surface area contributed by atoms with E-state index in [0.29, 0.717) is 18.3 Å². The molecule has 1 aliphatic carbocycles. The van der Waals surface area contributed by atoms with Crippen molar-refractivity contribution in [1.29, 1.82) is 0 Å². The van der Waals surface area contributed by atoms with Gasteiger partial charge in [-0.2, -0.15) is 0 Å². The summed E-state index contributed by atoms with van der Waals surface area (Å²) in [5.41, 5.74) is 1.09. The van der Waals surface area contributed by atoms with Crippen molar-refractivity contribution in [2.45, 2.75) is 32.4 Å². The quantitative estimate of drug-likeness (QED) is 0.547. The highest BCUT2D eigenvalue weighted by atomic mass is 16.3. The first kappa shape index (κ1) is 11.8. The molecule has 0 amide bonds. The van der Waals surface area contributed by atoms with E-state index in [1.807, 2.05) is 12.1 Å². The van der Waals surface area contributed by atoms with Crippen LogP contribution in [0, 0.1) is 0 Å². The normalized spacial score (nSPS) is 15.7. The Labute approximate surface area is 102 Å². The molecule has 2 rings (SSSR count). The number of phenols is 1. The van der Waals surface area contributed by atoms with E-state index in [1.54, 1.807) is 12.1 Å². The number of guanidine groups is 1. The zero-order valence-corrected chi connectivity index (χ0v) is 10.1. The van der Waals surface area contributed by atoms with Gasteiger partial charge in [0.1, 0.15) is 5.75 Å². The Morgan fingerprint density at radius 3 is 2.65 bits per heavy atom. The molecule has 0 radical (unpaired) electrons. The van der Waals surface area contributed by atoms with Crippen molar-refractivity contribution in [3.05, 3.63) is 29.8 Å².